The van der Waals surface area contributed by atoms with Gasteiger partial charge in [0.25, 0.3) is 0 Å². The minimum absolute atomic E-state index is 0.0656. The molecule has 25 atom stereocenters. The molecule has 17 nitrogen and oxygen atoms in total. The van der Waals surface area contributed by atoms with Crippen molar-refractivity contribution in [3.63, 3.8) is 0 Å². The van der Waals surface area contributed by atoms with E-state index in [-0.39, 0.29) is 46.7 Å². The highest BCUT2D eigenvalue weighted by Gasteiger charge is 2.81. The summed E-state index contributed by atoms with van der Waals surface area (Å²) >= 11 is 0. The maximum absolute atomic E-state index is 12.2. The van der Waals surface area contributed by atoms with Crippen molar-refractivity contribution in [3.05, 3.63) is 11.6 Å². The van der Waals surface area contributed by atoms with Crippen LogP contribution >= 0.6 is 0 Å². The first-order valence-corrected chi connectivity index (χ1v) is 23.9. The van der Waals surface area contributed by atoms with Gasteiger partial charge in [-0.15, -0.1) is 0 Å². The second kappa shape index (κ2) is 16.6. The molecule has 5 saturated heterocycles. The van der Waals surface area contributed by atoms with Crippen LogP contribution in [0.5, 0.6) is 0 Å². The largest absolute Gasteiger partial charge is 0.394 e. The molecule has 0 unspecified atom stereocenters. The molecule has 5 heterocycles. The van der Waals surface area contributed by atoms with Gasteiger partial charge in [0.2, 0.25) is 0 Å². The van der Waals surface area contributed by atoms with Gasteiger partial charge in [-0.2, -0.15) is 0 Å². The second-order valence-electron chi connectivity index (χ2n) is 23.0. The van der Waals surface area contributed by atoms with Crippen LogP contribution in [0.4, 0.5) is 0 Å². The topological polar surface area (TPSA) is 256 Å². The lowest BCUT2D eigenvalue weighted by atomic mass is 9.35. The van der Waals surface area contributed by atoms with Crippen molar-refractivity contribution < 1.29 is 83.9 Å². The Labute approximate surface area is 376 Å². The van der Waals surface area contributed by atoms with Crippen molar-refractivity contribution in [2.24, 2.45) is 45.3 Å². The first kappa shape index (κ1) is 48.1. The van der Waals surface area contributed by atoms with Gasteiger partial charge in [0, 0.05) is 24.2 Å². The summed E-state index contributed by atoms with van der Waals surface area (Å²) in [6.45, 7) is 16.7. The summed E-state index contributed by atoms with van der Waals surface area (Å²) in [5, 5.41) is 97.7. The summed E-state index contributed by atoms with van der Waals surface area (Å²) in [7, 11) is 0. The van der Waals surface area contributed by atoms with E-state index in [2.05, 4.69) is 47.6 Å². The smallest absolute Gasteiger partial charge is 0.187 e. The molecule has 9 aliphatic rings. The summed E-state index contributed by atoms with van der Waals surface area (Å²) in [6, 6.07) is 0. The number of rotatable bonds is 8. The van der Waals surface area contributed by atoms with Gasteiger partial charge in [-0.25, -0.2) is 0 Å². The summed E-state index contributed by atoms with van der Waals surface area (Å²) in [6.07, 6.45) is -12.6. The average Bonchev–Trinajstić information content (AvgIpc) is 3.74. The molecule has 4 saturated carbocycles. The average molecular weight is 913 g/mol. The van der Waals surface area contributed by atoms with Crippen LogP contribution in [0.1, 0.15) is 107 Å². The van der Waals surface area contributed by atoms with E-state index >= 15 is 0 Å². The molecule has 5 aliphatic heterocycles. The molecule has 0 aromatic rings. The van der Waals surface area contributed by atoms with Crippen LogP contribution in [0, 0.1) is 45.3 Å². The molecule has 0 aromatic heterocycles. The first-order valence-electron chi connectivity index (χ1n) is 23.9. The number of hydrogen-bond donors (Lipinski definition) is 9. The molecule has 2 spiro atoms. The number of hydrogen-bond acceptors (Lipinski definition) is 17. The van der Waals surface area contributed by atoms with Gasteiger partial charge in [0.1, 0.15) is 61.0 Å². The zero-order valence-corrected chi connectivity index (χ0v) is 38.7. The van der Waals surface area contributed by atoms with Crippen LogP contribution in [0.3, 0.4) is 0 Å². The zero-order chi connectivity index (χ0) is 46.3. The van der Waals surface area contributed by atoms with E-state index in [4.69, 9.17) is 37.9 Å². The van der Waals surface area contributed by atoms with Crippen LogP contribution in [-0.2, 0) is 37.9 Å². The maximum Gasteiger partial charge on any atom is 0.187 e. The van der Waals surface area contributed by atoms with Gasteiger partial charge in [-0.1, -0.05) is 39.3 Å². The second-order valence-corrected chi connectivity index (χ2v) is 23.0. The standard InChI is InChI=1S/C47H76O17/c1-21(2)15-23-16-45(8,56)38-24-9-10-28-43(6)13-12-29(42(4,5)27(43)11-14-44(28,7)46(24)19-47(38,64-23)58-20-46)61-41-37(63-39-34(54)32(52)30(50)22(3)59-39)36(25(49)18-57-41)62-40-35(55)33(53)31(51)26(17-48)60-40/h15,22-41,48-56H,9-14,16-20H2,1-8H3/t22-,23+,24-,25+,26-,27+,28-,29+,30-,31-,32+,33+,34-,35-,36+,37-,38+,39+,40+,41+,43+,44-,45+,46+,47+/m1/s1. The molecule has 9 N–H and O–H groups in total. The lowest BCUT2D eigenvalue weighted by Gasteiger charge is -2.70. The van der Waals surface area contributed by atoms with Gasteiger partial charge >= 0.3 is 0 Å². The Bertz CT molecular complexity index is 1740. The summed E-state index contributed by atoms with van der Waals surface area (Å²) in [5.41, 5.74) is -0.471. The quantitative estimate of drug-likeness (QED) is 0.122. The highest BCUT2D eigenvalue weighted by molar-refractivity contribution is 5.26. The minimum atomic E-state index is -1.79. The molecule has 366 valence electrons. The molecule has 0 amide bonds. The Hall–Kier alpha value is -0.940. The molecule has 4 aliphatic carbocycles. The highest BCUT2D eigenvalue weighted by Crippen LogP contribution is 2.80. The lowest BCUT2D eigenvalue weighted by Crippen LogP contribution is -2.68. The Morgan fingerprint density at radius 1 is 0.734 bits per heavy atom. The number of aliphatic hydroxyl groups is 9. The van der Waals surface area contributed by atoms with Crippen LogP contribution in [0.2, 0.25) is 0 Å². The highest BCUT2D eigenvalue weighted by atomic mass is 16.8. The Balaban J connectivity index is 0.974. The Morgan fingerprint density at radius 2 is 1.41 bits per heavy atom. The number of allylic oxidation sites excluding steroid dienone is 1. The third-order valence-corrected chi connectivity index (χ3v) is 18.7. The number of aliphatic hydroxyl groups excluding tert-OH is 8. The van der Waals surface area contributed by atoms with Crippen LogP contribution in [0.15, 0.2) is 11.6 Å². The van der Waals surface area contributed by atoms with Gasteiger partial charge < -0.3 is 83.9 Å². The predicted molar refractivity (Wildman–Crippen MR) is 223 cm³/mol. The van der Waals surface area contributed by atoms with E-state index in [1.807, 2.05) is 6.92 Å². The Morgan fingerprint density at radius 3 is 2.09 bits per heavy atom. The fraction of sp³-hybridized carbons (Fsp3) is 0.957. The van der Waals surface area contributed by atoms with Crippen LogP contribution < -0.4 is 0 Å². The fourth-order valence-electron chi connectivity index (χ4n) is 15.8. The van der Waals surface area contributed by atoms with Gasteiger partial charge in [0.05, 0.1) is 43.7 Å². The van der Waals surface area contributed by atoms with Crippen LogP contribution in [0.25, 0.3) is 0 Å². The van der Waals surface area contributed by atoms with Gasteiger partial charge in [0.15, 0.2) is 24.7 Å². The molecular weight excluding hydrogens is 836 g/mol. The van der Waals surface area contributed by atoms with Crippen molar-refractivity contribution in [3.8, 4) is 0 Å². The van der Waals surface area contributed by atoms with E-state index in [0.717, 1.165) is 44.1 Å². The van der Waals surface area contributed by atoms with Crippen molar-refractivity contribution in [1.82, 2.24) is 0 Å². The molecule has 0 radical (unpaired) electrons. The van der Waals surface area contributed by atoms with Crippen molar-refractivity contribution in [1.29, 1.82) is 0 Å². The Kier molecular flexibility index (Phi) is 12.5. The molecule has 2 bridgehead atoms. The minimum Gasteiger partial charge on any atom is -0.394 e. The first-order chi connectivity index (χ1) is 29.9. The van der Waals surface area contributed by atoms with Crippen LogP contribution in [-0.4, -0.2) is 175 Å². The molecule has 0 aromatic carbocycles. The van der Waals surface area contributed by atoms with Crippen molar-refractivity contribution in [2.75, 3.05) is 19.8 Å². The lowest BCUT2D eigenvalue weighted by molar-refractivity contribution is -0.388. The molecule has 64 heavy (non-hydrogen) atoms. The molecule has 9 fully saturated rings. The van der Waals surface area contributed by atoms with Gasteiger partial charge in [-0.3, -0.25) is 0 Å². The van der Waals surface area contributed by atoms with Crippen molar-refractivity contribution >= 4 is 0 Å². The van der Waals surface area contributed by atoms with Crippen molar-refractivity contribution in [2.45, 2.75) is 216 Å². The normalized spacial score (nSPS) is 57.8. The predicted octanol–water partition coefficient (Wildman–Crippen LogP) is 0.994. The van der Waals surface area contributed by atoms with E-state index in [1.54, 1.807) is 0 Å². The third-order valence-electron chi connectivity index (χ3n) is 18.7. The van der Waals surface area contributed by atoms with E-state index < -0.39 is 116 Å². The summed E-state index contributed by atoms with van der Waals surface area (Å²) in [5.74, 6) is -0.0364. The third kappa shape index (κ3) is 7.19. The molecule has 17 heteroatoms. The van der Waals surface area contributed by atoms with Gasteiger partial charge in [-0.05, 0) is 100 Å². The van der Waals surface area contributed by atoms with E-state index in [0.29, 0.717) is 25.4 Å². The number of ether oxygens (including phenoxy) is 8. The number of fused-ring (bicyclic) bond motifs is 4. The SMILES string of the molecule is CC(C)=C[C@H]1C[C@](C)(O)[C@@H]2[C@H]3CC[C@@H]4[C@@]5(C)CC[C@H](O[C@@H]6OC[C@H](O)[C@H](O[C@@H]7O[C@H](CO)[C@@H](O)[C@H](O)[C@H]7O)[C@H]6O[C@@H]6O[C@H](C)[C@@H](O)[C@H](O)[C@H]6O)C(C)(C)[C@@H]5CC[C@@]4(C)[C@@]34CO[C@@]2(C4)O1. The molecular formula is C47H76O17. The fourth-order valence-corrected chi connectivity index (χ4v) is 15.8. The molecule has 9 rings (SSSR count). The summed E-state index contributed by atoms with van der Waals surface area (Å²) in [4.78, 5) is 0. The zero-order valence-electron chi connectivity index (χ0n) is 38.7. The monoisotopic (exact) mass is 913 g/mol. The summed E-state index contributed by atoms with van der Waals surface area (Å²) < 4.78 is 51.0. The van der Waals surface area contributed by atoms with E-state index in [1.165, 1.54) is 6.92 Å². The maximum atomic E-state index is 12.2. The van der Waals surface area contributed by atoms with E-state index in [9.17, 15) is 46.0 Å².